The van der Waals surface area contributed by atoms with Crippen LogP contribution in [0.4, 0.5) is 0 Å². The molecule has 2 aromatic rings. The predicted octanol–water partition coefficient (Wildman–Crippen LogP) is 3.43. The first kappa shape index (κ1) is 19.2. The van der Waals surface area contributed by atoms with E-state index in [-0.39, 0.29) is 5.91 Å². The zero-order valence-corrected chi connectivity index (χ0v) is 16.1. The minimum Gasteiger partial charge on any atom is -0.351 e. The highest BCUT2D eigenvalue weighted by Crippen LogP contribution is 2.23. The zero-order chi connectivity index (χ0) is 18.4. The van der Waals surface area contributed by atoms with Gasteiger partial charge >= 0.3 is 0 Å². The van der Waals surface area contributed by atoms with E-state index in [9.17, 15) is 4.79 Å². The number of carbonyl (C=O) groups excluding carboxylic acids is 1. The molecule has 0 unspecified atom stereocenters. The number of amides is 1. The van der Waals surface area contributed by atoms with Crippen LogP contribution < -0.4 is 5.32 Å². The molecule has 3 rings (SSSR count). The number of rotatable bonds is 6. The van der Waals surface area contributed by atoms with Gasteiger partial charge in [-0.05, 0) is 23.3 Å². The molecule has 0 atom stereocenters. The molecule has 1 amide bonds. The summed E-state index contributed by atoms with van der Waals surface area (Å²) in [7, 11) is 0. The maximum atomic E-state index is 12.1. The van der Waals surface area contributed by atoms with Crippen LogP contribution in [0.25, 0.3) is 0 Å². The number of halogens is 2. The predicted molar refractivity (Wildman–Crippen MR) is 106 cm³/mol. The Bertz CT molecular complexity index is 731. The van der Waals surface area contributed by atoms with Gasteiger partial charge in [0.15, 0.2) is 0 Å². The van der Waals surface area contributed by atoms with E-state index in [1.165, 1.54) is 0 Å². The number of nitrogens with zero attached hydrogens (tertiary/aromatic N) is 2. The molecule has 1 aliphatic heterocycles. The van der Waals surface area contributed by atoms with Crippen LogP contribution in [0.1, 0.15) is 11.1 Å². The fourth-order valence-electron chi connectivity index (χ4n) is 3.06. The van der Waals surface area contributed by atoms with Gasteiger partial charge < -0.3 is 5.32 Å². The molecule has 0 aliphatic carbocycles. The summed E-state index contributed by atoms with van der Waals surface area (Å²) in [5.41, 5.74) is 2.28. The first-order valence-corrected chi connectivity index (χ1v) is 9.55. The topological polar surface area (TPSA) is 35.6 Å². The third-order valence-electron chi connectivity index (χ3n) is 4.55. The van der Waals surface area contributed by atoms with Gasteiger partial charge in [0.1, 0.15) is 0 Å². The van der Waals surface area contributed by atoms with Crippen molar-refractivity contribution in [2.24, 2.45) is 0 Å². The molecule has 4 nitrogen and oxygen atoms in total. The van der Waals surface area contributed by atoms with Crippen LogP contribution in [-0.4, -0.2) is 48.4 Å². The summed E-state index contributed by atoms with van der Waals surface area (Å²) >= 11 is 12.0. The lowest BCUT2D eigenvalue weighted by atomic mass is 10.2. The molecule has 1 heterocycles. The van der Waals surface area contributed by atoms with E-state index >= 15 is 0 Å². The van der Waals surface area contributed by atoms with Gasteiger partial charge in [0.05, 0.1) is 16.6 Å². The largest absolute Gasteiger partial charge is 0.351 e. The van der Waals surface area contributed by atoms with Crippen LogP contribution in [0.2, 0.25) is 10.0 Å². The van der Waals surface area contributed by atoms with Crippen molar-refractivity contribution in [3.05, 3.63) is 69.7 Å². The van der Waals surface area contributed by atoms with E-state index in [0.717, 1.165) is 43.9 Å². The lowest BCUT2D eigenvalue weighted by Crippen LogP contribution is -2.49. The molecule has 2 aromatic carbocycles. The third-order valence-corrected chi connectivity index (χ3v) is 5.29. The molecule has 1 saturated heterocycles. The summed E-state index contributed by atoms with van der Waals surface area (Å²) in [6.45, 7) is 5.54. The number of piperazine rings is 1. The van der Waals surface area contributed by atoms with E-state index in [2.05, 4.69) is 15.1 Å². The smallest absolute Gasteiger partial charge is 0.234 e. The number of nitrogens with one attached hydrogen (secondary N) is 1. The molecule has 0 bridgehead atoms. The maximum Gasteiger partial charge on any atom is 0.234 e. The van der Waals surface area contributed by atoms with E-state index in [4.69, 9.17) is 23.2 Å². The van der Waals surface area contributed by atoms with Gasteiger partial charge in [-0.1, -0.05) is 59.6 Å². The summed E-state index contributed by atoms with van der Waals surface area (Å²) in [5, 5.41) is 4.17. The Kier molecular flexibility index (Phi) is 6.92. The van der Waals surface area contributed by atoms with Crippen molar-refractivity contribution in [1.29, 1.82) is 0 Å². The fourth-order valence-corrected chi connectivity index (χ4v) is 3.38. The molecule has 0 aromatic heterocycles. The second kappa shape index (κ2) is 9.38. The van der Waals surface area contributed by atoms with Crippen molar-refractivity contribution in [2.75, 3.05) is 32.7 Å². The van der Waals surface area contributed by atoms with Crippen molar-refractivity contribution >= 4 is 29.1 Å². The Labute approximate surface area is 164 Å². The summed E-state index contributed by atoms with van der Waals surface area (Å²) < 4.78 is 0. The summed E-state index contributed by atoms with van der Waals surface area (Å²) in [6, 6.07) is 15.7. The Morgan fingerprint density at radius 2 is 1.58 bits per heavy atom. The van der Waals surface area contributed by atoms with E-state index in [1.807, 2.05) is 48.5 Å². The molecule has 26 heavy (non-hydrogen) atoms. The molecular formula is C20H23Cl2N3O. The zero-order valence-electron chi connectivity index (χ0n) is 14.6. The molecule has 0 radical (unpaired) electrons. The van der Waals surface area contributed by atoms with Crippen molar-refractivity contribution in [1.82, 2.24) is 15.1 Å². The van der Waals surface area contributed by atoms with Crippen molar-refractivity contribution in [3.8, 4) is 0 Å². The lowest BCUT2D eigenvalue weighted by Gasteiger charge is -2.34. The summed E-state index contributed by atoms with van der Waals surface area (Å²) in [5.74, 6) is 0.0757. The maximum absolute atomic E-state index is 12.1. The van der Waals surface area contributed by atoms with Gasteiger partial charge in [0.2, 0.25) is 5.91 Å². The molecule has 6 heteroatoms. The van der Waals surface area contributed by atoms with Crippen LogP contribution >= 0.6 is 23.2 Å². The van der Waals surface area contributed by atoms with Gasteiger partial charge in [-0.3, -0.25) is 14.6 Å². The minimum absolute atomic E-state index is 0.0757. The number of hydrogen-bond donors (Lipinski definition) is 1. The minimum atomic E-state index is 0.0757. The summed E-state index contributed by atoms with van der Waals surface area (Å²) in [4.78, 5) is 16.7. The van der Waals surface area contributed by atoms with Gasteiger partial charge in [0.25, 0.3) is 0 Å². The summed E-state index contributed by atoms with van der Waals surface area (Å²) in [6.07, 6.45) is 0. The molecule has 138 valence electrons. The van der Waals surface area contributed by atoms with Gasteiger partial charge in [0, 0.05) is 39.3 Å². The molecule has 0 spiro atoms. The normalized spacial score (nSPS) is 15.8. The standard InChI is InChI=1S/C20H23Cl2N3O/c21-18-7-6-17(12-19(18)22)14-24-8-10-25(11-9-24)15-20(26)23-13-16-4-2-1-3-5-16/h1-7,12H,8-11,13-15H2,(H,23,26). The molecule has 1 N–H and O–H groups in total. The first-order chi connectivity index (χ1) is 12.6. The van der Waals surface area contributed by atoms with Gasteiger partial charge in [-0.15, -0.1) is 0 Å². The lowest BCUT2D eigenvalue weighted by molar-refractivity contribution is -0.122. The third kappa shape index (κ3) is 5.71. The highest BCUT2D eigenvalue weighted by atomic mass is 35.5. The van der Waals surface area contributed by atoms with Crippen LogP contribution in [0.5, 0.6) is 0 Å². The SMILES string of the molecule is O=C(CN1CCN(Cc2ccc(Cl)c(Cl)c2)CC1)NCc1ccccc1. The van der Waals surface area contributed by atoms with Crippen LogP contribution in [0.3, 0.4) is 0 Å². The number of carbonyl (C=O) groups is 1. The second-order valence-electron chi connectivity index (χ2n) is 6.56. The Morgan fingerprint density at radius 3 is 2.27 bits per heavy atom. The van der Waals surface area contributed by atoms with Crippen LogP contribution in [0.15, 0.2) is 48.5 Å². The molecule has 1 fully saturated rings. The molecule has 0 saturated carbocycles. The first-order valence-electron chi connectivity index (χ1n) is 8.79. The second-order valence-corrected chi connectivity index (χ2v) is 7.38. The Balaban J connectivity index is 1.39. The van der Waals surface area contributed by atoms with Crippen LogP contribution in [0, 0.1) is 0 Å². The fraction of sp³-hybridized carbons (Fsp3) is 0.350. The van der Waals surface area contributed by atoms with E-state index in [1.54, 1.807) is 0 Å². The van der Waals surface area contributed by atoms with Gasteiger partial charge in [-0.2, -0.15) is 0 Å². The van der Waals surface area contributed by atoms with Crippen molar-refractivity contribution < 1.29 is 4.79 Å². The Hall–Kier alpha value is -1.59. The monoisotopic (exact) mass is 391 g/mol. The Morgan fingerprint density at radius 1 is 0.885 bits per heavy atom. The van der Waals surface area contributed by atoms with E-state index in [0.29, 0.717) is 23.1 Å². The van der Waals surface area contributed by atoms with Gasteiger partial charge in [-0.25, -0.2) is 0 Å². The molecule has 1 aliphatic rings. The average molecular weight is 392 g/mol. The average Bonchev–Trinajstić information content (AvgIpc) is 2.65. The molecular weight excluding hydrogens is 369 g/mol. The van der Waals surface area contributed by atoms with Crippen LogP contribution in [-0.2, 0) is 17.9 Å². The van der Waals surface area contributed by atoms with Crippen molar-refractivity contribution in [2.45, 2.75) is 13.1 Å². The highest BCUT2D eigenvalue weighted by Gasteiger charge is 2.19. The van der Waals surface area contributed by atoms with E-state index < -0.39 is 0 Å². The quantitative estimate of drug-likeness (QED) is 0.818. The highest BCUT2D eigenvalue weighted by molar-refractivity contribution is 6.42. The number of hydrogen-bond acceptors (Lipinski definition) is 3. The van der Waals surface area contributed by atoms with Crippen molar-refractivity contribution in [3.63, 3.8) is 0 Å². The number of benzene rings is 2.